The maximum atomic E-state index is 12.4. The summed E-state index contributed by atoms with van der Waals surface area (Å²) in [4.78, 5) is 34.7. The van der Waals surface area contributed by atoms with Crippen LogP contribution in [-0.2, 0) is 14.3 Å². The Morgan fingerprint density at radius 3 is 2.37 bits per heavy atom. The smallest absolute Gasteiger partial charge is 0.345 e. The number of benzene rings is 2. The van der Waals surface area contributed by atoms with E-state index in [1.54, 1.807) is 30.3 Å². The molecule has 2 aromatic rings. The van der Waals surface area contributed by atoms with E-state index in [2.05, 4.69) is 5.32 Å². The molecule has 0 spiro atoms. The topological polar surface area (TPSA) is 108 Å². The number of hydrogen-bond acceptors (Lipinski definition) is 6. The fourth-order valence-electron chi connectivity index (χ4n) is 2.38. The number of nitro groups is 1. The van der Waals surface area contributed by atoms with Crippen molar-refractivity contribution in [3.63, 3.8) is 0 Å². The number of esters is 1. The van der Waals surface area contributed by atoms with E-state index < -0.39 is 23.6 Å². The predicted octanol–water partition coefficient (Wildman–Crippen LogP) is 2.54. The molecule has 1 saturated carbocycles. The Hall–Kier alpha value is -3.42. The lowest BCUT2D eigenvalue weighted by molar-refractivity contribution is -0.384. The molecule has 140 valence electrons. The summed E-state index contributed by atoms with van der Waals surface area (Å²) in [5, 5.41) is 13.5. The van der Waals surface area contributed by atoms with Gasteiger partial charge in [0.2, 0.25) is 6.10 Å². The summed E-state index contributed by atoms with van der Waals surface area (Å²) in [7, 11) is 0. The van der Waals surface area contributed by atoms with Crippen molar-refractivity contribution in [2.45, 2.75) is 25.0 Å². The number of ether oxygens (including phenoxy) is 2. The minimum atomic E-state index is -1.06. The maximum Gasteiger partial charge on any atom is 0.345 e. The third-order valence-corrected chi connectivity index (χ3v) is 3.92. The highest BCUT2D eigenvalue weighted by Crippen LogP contribution is 2.23. The molecule has 0 radical (unpaired) electrons. The molecule has 8 heteroatoms. The first-order chi connectivity index (χ1) is 13.0. The number of amides is 1. The molecule has 1 N–H and O–H groups in total. The number of nitro benzene ring substituents is 1. The van der Waals surface area contributed by atoms with Gasteiger partial charge in [0.15, 0.2) is 6.61 Å². The summed E-state index contributed by atoms with van der Waals surface area (Å²) in [6.45, 7) is -0.419. The van der Waals surface area contributed by atoms with Crippen molar-refractivity contribution in [2.75, 3.05) is 6.61 Å². The number of rotatable bonds is 8. The predicted molar refractivity (Wildman–Crippen MR) is 95.0 cm³/mol. The number of carbonyl (C=O) groups is 2. The van der Waals surface area contributed by atoms with Crippen molar-refractivity contribution in [2.24, 2.45) is 0 Å². The number of nitrogens with zero attached hydrogens (tertiary/aromatic N) is 1. The Bertz CT molecular complexity index is 818. The van der Waals surface area contributed by atoms with E-state index in [0.29, 0.717) is 5.56 Å². The molecule has 1 amide bonds. The molecule has 0 saturated heterocycles. The number of nitrogens with one attached hydrogen (secondary N) is 1. The highest BCUT2D eigenvalue weighted by molar-refractivity contribution is 5.85. The van der Waals surface area contributed by atoms with Crippen LogP contribution >= 0.6 is 0 Å². The zero-order chi connectivity index (χ0) is 19.2. The van der Waals surface area contributed by atoms with Crippen molar-refractivity contribution < 1.29 is 24.0 Å². The first kappa shape index (κ1) is 18.4. The van der Waals surface area contributed by atoms with Crippen LogP contribution in [0.15, 0.2) is 54.6 Å². The van der Waals surface area contributed by atoms with E-state index >= 15 is 0 Å². The zero-order valence-corrected chi connectivity index (χ0v) is 14.4. The van der Waals surface area contributed by atoms with Crippen molar-refractivity contribution in [3.05, 3.63) is 70.3 Å². The highest BCUT2D eigenvalue weighted by atomic mass is 16.6. The average molecular weight is 370 g/mol. The lowest BCUT2D eigenvalue weighted by atomic mass is 10.1. The molecule has 2 aromatic carbocycles. The van der Waals surface area contributed by atoms with Crippen molar-refractivity contribution >= 4 is 17.6 Å². The van der Waals surface area contributed by atoms with Gasteiger partial charge in [-0.25, -0.2) is 4.79 Å². The SMILES string of the molecule is O=C(COc1ccc([N+](=O)[O-])cc1)O[C@H](C(=O)NC1CC1)c1ccccc1. The summed E-state index contributed by atoms with van der Waals surface area (Å²) >= 11 is 0. The summed E-state index contributed by atoms with van der Waals surface area (Å²) < 4.78 is 10.6. The van der Waals surface area contributed by atoms with E-state index in [4.69, 9.17) is 9.47 Å². The minimum Gasteiger partial charge on any atom is -0.482 e. The standard InChI is InChI=1S/C19H18N2O6/c22-17(12-26-16-10-8-15(9-11-16)21(24)25)27-18(13-4-2-1-3-5-13)19(23)20-14-6-7-14/h1-5,8-11,14,18H,6-7,12H2,(H,20,23)/t18-/m0/s1. The Morgan fingerprint density at radius 2 is 1.78 bits per heavy atom. The third-order valence-electron chi connectivity index (χ3n) is 3.92. The van der Waals surface area contributed by atoms with E-state index in [1.807, 2.05) is 0 Å². The van der Waals surface area contributed by atoms with Crippen LogP contribution in [0, 0.1) is 10.1 Å². The van der Waals surface area contributed by atoms with Crippen LogP contribution in [0.3, 0.4) is 0 Å². The Kier molecular flexibility index (Phi) is 5.65. The first-order valence-electron chi connectivity index (χ1n) is 8.45. The molecule has 1 aliphatic rings. The van der Waals surface area contributed by atoms with E-state index in [0.717, 1.165) is 12.8 Å². The van der Waals surface area contributed by atoms with Gasteiger partial charge in [-0.2, -0.15) is 0 Å². The molecular formula is C19H18N2O6. The molecule has 3 rings (SSSR count). The van der Waals surface area contributed by atoms with Crippen LogP contribution in [0.4, 0.5) is 5.69 Å². The van der Waals surface area contributed by atoms with Gasteiger partial charge >= 0.3 is 5.97 Å². The van der Waals surface area contributed by atoms with Gasteiger partial charge in [0, 0.05) is 23.7 Å². The van der Waals surface area contributed by atoms with Crippen LogP contribution in [0.5, 0.6) is 5.75 Å². The molecule has 1 aliphatic carbocycles. The van der Waals surface area contributed by atoms with Crippen LogP contribution in [0.1, 0.15) is 24.5 Å². The van der Waals surface area contributed by atoms with Gasteiger partial charge in [0.1, 0.15) is 5.75 Å². The van der Waals surface area contributed by atoms with E-state index in [-0.39, 0.29) is 23.4 Å². The van der Waals surface area contributed by atoms with Gasteiger partial charge in [0.25, 0.3) is 11.6 Å². The van der Waals surface area contributed by atoms with Gasteiger partial charge in [0.05, 0.1) is 4.92 Å². The van der Waals surface area contributed by atoms with Crippen LogP contribution in [-0.4, -0.2) is 29.4 Å². The normalized spacial score (nSPS) is 14.1. The van der Waals surface area contributed by atoms with E-state index in [1.165, 1.54) is 24.3 Å². The average Bonchev–Trinajstić information content (AvgIpc) is 3.49. The molecule has 8 nitrogen and oxygen atoms in total. The van der Waals surface area contributed by atoms with Crippen molar-refractivity contribution in [1.29, 1.82) is 0 Å². The lowest BCUT2D eigenvalue weighted by Gasteiger charge is -2.18. The summed E-state index contributed by atoms with van der Waals surface area (Å²) in [5.41, 5.74) is 0.491. The van der Waals surface area contributed by atoms with Crippen LogP contribution in [0.25, 0.3) is 0 Å². The summed E-state index contributed by atoms with van der Waals surface area (Å²) in [6.07, 6.45) is 0.786. The Labute approximate surface area is 155 Å². The number of non-ortho nitro benzene ring substituents is 1. The van der Waals surface area contributed by atoms with Gasteiger partial charge < -0.3 is 14.8 Å². The summed E-state index contributed by atoms with van der Waals surface area (Å²) in [6, 6.07) is 14.2. The van der Waals surface area contributed by atoms with Crippen molar-refractivity contribution in [3.8, 4) is 5.75 Å². The Balaban J connectivity index is 1.60. The molecule has 1 fully saturated rings. The Morgan fingerprint density at radius 1 is 1.11 bits per heavy atom. The van der Waals surface area contributed by atoms with E-state index in [9.17, 15) is 19.7 Å². The number of carbonyl (C=O) groups excluding carboxylic acids is 2. The van der Waals surface area contributed by atoms with Crippen LogP contribution in [0.2, 0.25) is 0 Å². The largest absolute Gasteiger partial charge is 0.482 e. The zero-order valence-electron chi connectivity index (χ0n) is 14.4. The lowest BCUT2D eigenvalue weighted by Crippen LogP contribution is -2.34. The molecule has 27 heavy (non-hydrogen) atoms. The quantitative estimate of drug-likeness (QED) is 0.435. The maximum absolute atomic E-state index is 12.4. The fourth-order valence-corrected chi connectivity index (χ4v) is 2.38. The minimum absolute atomic E-state index is 0.0779. The van der Waals surface area contributed by atoms with Gasteiger partial charge in [-0.05, 0) is 25.0 Å². The molecule has 0 aliphatic heterocycles. The molecule has 0 aromatic heterocycles. The third kappa shape index (κ3) is 5.27. The van der Waals surface area contributed by atoms with Crippen molar-refractivity contribution in [1.82, 2.24) is 5.32 Å². The fraction of sp³-hybridized carbons (Fsp3) is 0.263. The molecule has 1 atom stereocenters. The van der Waals surface area contributed by atoms with Gasteiger partial charge in [-0.1, -0.05) is 30.3 Å². The molecule has 0 heterocycles. The van der Waals surface area contributed by atoms with Crippen LogP contribution < -0.4 is 10.1 Å². The van der Waals surface area contributed by atoms with Gasteiger partial charge in [-0.3, -0.25) is 14.9 Å². The second-order valence-corrected chi connectivity index (χ2v) is 6.10. The molecule has 0 unspecified atom stereocenters. The highest BCUT2D eigenvalue weighted by Gasteiger charge is 2.30. The molecule has 0 bridgehead atoms. The second-order valence-electron chi connectivity index (χ2n) is 6.10. The second kappa shape index (κ2) is 8.31. The number of hydrogen-bond donors (Lipinski definition) is 1. The first-order valence-corrected chi connectivity index (χ1v) is 8.45. The van der Waals surface area contributed by atoms with Gasteiger partial charge in [-0.15, -0.1) is 0 Å². The monoisotopic (exact) mass is 370 g/mol. The summed E-state index contributed by atoms with van der Waals surface area (Å²) in [5.74, 6) is -0.795. The molecular weight excluding hydrogens is 352 g/mol.